The Hall–Kier alpha value is -2.63. The van der Waals surface area contributed by atoms with E-state index in [1.807, 2.05) is 0 Å². The third-order valence-electron chi connectivity index (χ3n) is 12.5. The van der Waals surface area contributed by atoms with Crippen molar-refractivity contribution in [2.45, 2.75) is 179 Å². The number of carbonyl (C=O) groups is 3. The van der Waals surface area contributed by atoms with Crippen molar-refractivity contribution in [2.24, 2.45) is 5.73 Å². The van der Waals surface area contributed by atoms with Crippen molar-refractivity contribution in [3.05, 3.63) is 0 Å². The zero-order valence-corrected chi connectivity index (χ0v) is 38.1. The average molecular weight is 1040 g/mol. The molecular formula is C39H67N3O29. The number of amides is 2. The summed E-state index contributed by atoms with van der Waals surface area (Å²) in [5, 5.41) is 176. The first-order valence-corrected chi connectivity index (χ1v) is 22.4. The van der Waals surface area contributed by atoms with E-state index in [0.717, 1.165) is 13.8 Å². The summed E-state index contributed by atoms with van der Waals surface area (Å²) in [6, 6.07) is -3.47. The molecule has 32 heteroatoms. The number of carbonyl (C=O) groups excluding carboxylic acids is 2. The van der Waals surface area contributed by atoms with Crippen molar-refractivity contribution in [3.63, 3.8) is 0 Å². The number of hydrogen-bond acceptors (Lipinski definition) is 29. The van der Waals surface area contributed by atoms with Crippen molar-refractivity contribution >= 4 is 17.8 Å². The first-order valence-electron chi connectivity index (χ1n) is 22.4. The van der Waals surface area contributed by atoms with Gasteiger partial charge in [-0.3, -0.25) is 9.59 Å². The number of aliphatic hydroxyl groups is 15. The Morgan fingerprint density at radius 2 is 1.10 bits per heavy atom. The van der Waals surface area contributed by atoms with Gasteiger partial charge in [-0.25, -0.2) is 4.79 Å². The monoisotopic (exact) mass is 1040 g/mol. The predicted octanol–water partition coefficient (Wildman–Crippen LogP) is -12.4. The minimum Gasteiger partial charge on any atom is -0.477 e. The zero-order chi connectivity index (χ0) is 52.8. The van der Waals surface area contributed by atoms with Crippen molar-refractivity contribution in [1.29, 1.82) is 0 Å². The highest BCUT2D eigenvalue weighted by Gasteiger charge is 2.61. The van der Waals surface area contributed by atoms with E-state index >= 15 is 0 Å². The number of aliphatic carboxylic acids is 1. The van der Waals surface area contributed by atoms with E-state index in [1.54, 1.807) is 0 Å². The van der Waals surface area contributed by atoms with Gasteiger partial charge in [0, 0.05) is 26.8 Å². The zero-order valence-electron chi connectivity index (χ0n) is 38.1. The molecule has 32 nitrogen and oxygen atoms in total. The Morgan fingerprint density at radius 1 is 0.606 bits per heavy atom. The molecule has 5 saturated heterocycles. The van der Waals surface area contributed by atoms with Crippen LogP contribution >= 0.6 is 0 Å². The quantitative estimate of drug-likeness (QED) is 0.0507. The van der Waals surface area contributed by atoms with Gasteiger partial charge in [0.2, 0.25) is 11.8 Å². The van der Waals surface area contributed by atoms with Crippen LogP contribution in [0.1, 0.15) is 20.3 Å². The molecule has 5 aliphatic rings. The molecule has 26 atom stereocenters. The SMILES string of the molecule is CC(=O)N[C@H]1[C@H](O[C@@H]2[C@@H](O)[C@H](OCCN)O[C@H](CO)[C@@H]2O[C@@H]2O[C@H](CO)[C@@H](O)[C@H](O)[C@H]2O)O[C@H](CO)[C@@H](O[C@@H]2O[C@H](CO)[C@H](O)[C@H](O[C@]3(C(=O)O)C[C@H](O)[C@@H](NC(C)=O)[C@H]([C@H](O)[C@H](O)CO)O3)[C@H]2O)[C@@H]1O. The molecule has 2 amide bonds. The second-order valence-electron chi connectivity index (χ2n) is 17.5. The Kier molecular flexibility index (Phi) is 21.5. The van der Waals surface area contributed by atoms with Crippen molar-refractivity contribution in [3.8, 4) is 0 Å². The molecule has 0 aromatic carbocycles. The van der Waals surface area contributed by atoms with Crippen LogP contribution in [0.2, 0.25) is 0 Å². The minimum atomic E-state index is -3.17. The van der Waals surface area contributed by atoms with Crippen LogP contribution in [-0.4, -0.2) is 305 Å². The molecule has 5 aliphatic heterocycles. The van der Waals surface area contributed by atoms with Gasteiger partial charge >= 0.3 is 5.97 Å². The molecule has 5 rings (SSSR count). The van der Waals surface area contributed by atoms with Crippen molar-refractivity contribution in [2.75, 3.05) is 46.2 Å². The fraction of sp³-hybridized carbons (Fsp3) is 0.923. The minimum absolute atomic E-state index is 0.0994. The lowest BCUT2D eigenvalue weighted by Gasteiger charge is -2.51. The lowest BCUT2D eigenvalue weighted by atomic mass is 9.88. The van der Waals surface area contributed by atoms with Crippen LogP contribution in [0.25, 0.3) is 0 Å². The number of rotatable bonds is 21. The summed E-state index contributed by atoms with van der Waals surface area (Å²) in [6.07, 6.45) is -46.2. The molecule has 20 N–H and O–H groups in total. The number of nitrogens with one attached hydrogen (secondary N) is 2. The standard InChI is InChI=1S/C39H67N3O29/c1-11(48)41-19-13(50)5-39(38(60)61,70-31(19)21(52)14(51)6-43)71-32-23(54)16(8-45)64-37(27(32)58)67-29-17(9-46)65-34(20(24(29)55)42-12(2)49)69-33-28(59)35(62-4-3-40)66-18(10-47)30(33)68-36-26(57)25(56)22(53)15(7-44)63-36/h13-37,43-47,50-59H,3-10,40H2,1-2H3,(H,41,48)(H,42,49)(H,60,61)/t13-,14+,15+,16+,17+,18+,19+,20+,21+,22+,23-,24+,25-,26+,27+,28+,29+,30-,31+,32-,33+,34-,35+,36-,37-,39-/m0/s1. The Labute approximate surface area is 402 Å². The van der Waals surface area contributed by atoms with E-state index in [1.165, 1.54) is 0 Å². The maximum Gasteiger partial charge on any atom is 0.364 e. The topological polar surface area (TPSA) is 517 Å². The first kappa shape index (κ1) is 59.2. The molecule has 0 spiro atoms. The third kappa shape index (κ3) is 13.1. The number of nitrogens with two attached hydrogens (primary N) is 1. The Bertz CT molecular complexity index is 1710. The van der Waals surface area contributed by atoms with Crippen LogP contribution in [-0.2, 0) is 61.8 Å². The van der Waals surface area contributed by atoms with Crippen molar-refractivity contribution < 1.29 is 143 Å². The molecular weight excluding hydrogens is 974 g/mol. The Morgan fingerprint density at radius 3 is 1.65 bits per heavy atom. The van der Waals surface area contributed by atoms with E-state index in [2.05, 4.69) is 10.6 Å². The molecule has 0 saturated carbocycles. The highest BCUT2D eigenvalue weighted by atomic mass is 16.8. The number of carboxylic acids is 1. The predicted molar refractivity (Wildman–Crippen MR) is 220 cm³/mol. The molecule has 0 radical (unpaired) electrons. The number of carboxylic acid groups (broad SMARTS) is 1. The summed E-state index contributed by atoms with van der Waals surface area (Å²) >= 11 is 0. The van der Waals surface area contributed by atoms with Crippen LogP contribution < -0.4 is 16.4 Å². The van der Waals surface area contributed by atoms with Crippen LogP contribution in [0.15, 0.2) is 0 Å². The molecule has 5 fully saturated rings. The van der Waals surface area contributed by atoms with Crippen molar-refractivity contribution in [1.82, 2.24) is 10.6 Å². The van der Waals surface area contributed by atoms with Crippen LogP contribution in [0.4, 0.5) is 0 Å². The highest BCUT2D eigenvalue weighted by molar-refractivity contribution is 5.76. The summed E-state index contributed by atoms with van der Waals surface area (Å²) in [5.41, 5.74) is 5.57. The maximum absolute atomic E-state index is 13.0. The van der Waals surface area contributed by atoms with Gasteiger partial charge in [-0.15, -0.1) is 0 Å². The van der Waals surface area contributed by atoms with Crippen LogP contribution in [0.5, 0.6) is 0 Å². The van der Waals surface area contributed by atoms with Gasteiger partial charge in [-0.2, -0.15) is 0 Å². The molecule has 0 unspecified atom stereocenters. The smallest absolute Gasteiger partial charge is 0.364 e. The molecule has 0 aromatic heterocycles. The van der Waals surface area contributed by atoms with Crippen LogP contribution in [0, 0.1) is 0 Å². The fourth-order valence-corrected chi connectivity index (χ4v) is 8.84. The molecule has 71 heavy (non-hydrogen) atoms. The molecule has 0 bridgehead atoms. The molecule has 0 aromatic rings. The van der Waals surface area contributed by atoms with Gasteiger partial charge in [0.15, 0.2) is 25.2 Å². The van der Waals surface area contributed by atoms with E-state index < -0.39 is 216 Å². The number of aliphatic hydroxyl groups excluding tert-OH is 15. The molecule has 0 aliphatic carbocycles. The fourth-order valence-electron chi connectivity index (χ4n) is 8.84. The highest BCUT2D eigenvalue weighted by Crippen LogP contribution is 2.39. The summed E-state index contributed by atoms with van der Waals surface area (Å²) in [4.78, 5) is 37.7. The van der Waals surface area contributed by atoms with E-state index in [-0.39, 0.29) is 13.2 Å². The lowest BCUT2D eigenvalue weighted by molar-refractivity contribution is -0.393. The summed E-state index contributed by atoms with van der Waals surface area (Å²) < 4.78 is 57.5. The van der Waals surface area contributed by atoms with Gasteiger partial charge in [0.05, 0.1) is 51.8 Å². The number of hydrogen-bond donors (Lipinski definition) is 19. The van der Waals surface area contributed by atoms with E-state index in [0.29, 0.717) is 0 Å². The summed E-state index contributed by atoms with van der Waals surface area (Å²) in [7, 11) is 0. The summed E-state index contributed by atoms with van der Waals surface area (Å²) in [5.74, 6) is -6.92. The lowest BCUT2D eigenvalue weighted by Crippen LogP contribution is -2.71. The Balaban J connectivity index is 1.45. The van der Waals surface area contributed by atoms with Crippen LogP contribution in [0.3, 0.4) is 0 Å². The second kappa shape index (κ2) is 25.7. The summed E-state index contributed by atoms with van der Waals surface area (Å²) in [6.45, 7) is -3.47. The van der Waals surface area contributed by atoms with Gasteiger partial charge in [-0.05, 0) is 0 Å². The average Bonchev–Trinajstić information content (AvgIpc) is 3.33. The van der Waals surface area contributed by atoms with Gasteiger partial charge < -0.3 is 145 Å². The normalized spacial score (nSPS) is 45.1. The maximum atomic E-state index is 13.0. The van der Waals surface area contributed by atoms with Gasteiger partial charge in [-0.1, -0.05) is 0 Å². The molecule has 412 valence electrons. The third-order valence-corrected chi connectivity index (χ3v) is 12.5. The van der Waals surface area contributed by atoms with Gasteiger partial charge in [0.25, 0.3) is 5.79 Å². The first-order chi connectivity index (χ1) is 33.5. The van der Waals surface area contributed by atoms with E-state index in [9.17, 15) is 96.1 Å². The number of ether oxygens (including phenoxy) is 10. The molecule has 5 heterocycles. The van der Waals surface area contributed by atoms with E-state index in [4.69, 9.17) is 53.1 Å². The largest absolute Gasteiger partial charge is 0.477 e. The second-order valence-corrected chi connectivity index (χ2v) is 17.5. The van der Waals surface area contributed by atoms with Gasteiger partial charge in [0.1, 0.15) is 116 Å².